The summed E-state index contributed by atoms with van der Waals surface area (Å²) in [5.41, 5.74) is 2.24. The number of hydrogen-bond donors (Lipinski definition) is 2. The van der Waals surface area contributed by atoms with Crippen molar-refractivity contribution in [2.24, 2.45) is 0 Å². The van der Waals surface area contributed by atoms with Gasteiger partial charge in [-0.3, -0.25) is 14.2 Å². The highest BCUT2D eigenvalue weighted by molar-refractivity contribution is 7.99. The van der Waals surface area contributed by atoms with E-state index in [1.165, 1.54) is 11.8 Å². The quantitative estimate of drug-likeness (QED) is 0.264. The Morgan fingerprint density at radius 1 is 0.921 bits per heavy atom. The molecular weight excluding hydrogens is 526 g/mol. The van der Waals surface area contributed by atoms with Gasteiger partial charge in [-0.1, -0.05) is 41.6 Å². The molecule has 0 aliphatic heterocycles. The van der Waals surface area contributed by atoms with E-state index in [2.05, 4.69) is 20.8 Å². The summed E-state index contributed by atoms with van der Waals surface area (Å²) in [6.45, 7) is 0.146. The number of carbonyl (C=O) groups is 2. The second kappa shape index (κ2) is 13.0. The Morgan fingerprint density at radius 2 is 1.61 bits per heavy atom. The van der Waals surface area contributed by atoms with Gasteiger partial charge in [-0.25, -0.2) is 0 Å². The molecule has 2 amide bonds. The highest BCUT2D eigenvalue weighted by atomic mass is 35.5. The van der Waals surface area contributed by atoms with E-state index in [0.717, 1.165) is 17.0 Å². The molecule has 0 radical (unpaired) electrons. The van der Waals surface area contributed by atoms with E-state index in [-0.39, 0.29) is 30.5 Å². The SMILES string of the molecule is COc1ccc(CC(=O)NCc2nnc(SCC(=O)Nc3ccc(OC)cc3)n2-c2cccc(Cl)c2)cc1. The van der Waals surface area contributed by atoms with Crippen LogP contribution in [0.15, 0.2) is 78.0 Å². The van der Waals surface area contributed by atoms with Crippen LogP contribution >= 0.6 is 23.4 Å². The summed E-state index contributed by atoms with van der Waals surface area (Å²) in [6.07, 6.45) is 0.211. The zero-order chi connectivity index (χ0) is 26.9. The fourth-order valence-electron chi connectivity index (χ4n) is 3.55. The normalized spacial score (nSPS) is 10.6. The first-order valence-corrected chi connectivity index (χ1v) is 13.0. The second-order valence-corrected chi connectivity index (χ2v) is 9.46. The van der Waals surface area contributed by atoms with Crippen molar-refractivity contribution in [1.29, 1.82) is 0 Å². The van der Waals surface area contributed by atoms with Crippen molar-refractivity contribution in [2.75, 3.05) is 25.3 Å². The van der Waals surface area contributed by atoms with E-state index in [1.807, 2.05) is 36.4 Å². The van der Waals surface area contributed by atoms with E-state index in [9.17, 15) is 9.59 Å². The number of hydrogen-bond acceptors (Lipinski definition) is 7. The van der Waals surface area contributed by atoms with Gasteiger partial charge in [0.25, 0.3) is 0 Å². The maximum atomic E-state index is 12.6. The van der Waals surface area contributed by atoms with Crippen LogP contribution in [0.5, 0.6) is 11.5 Å². The molecule has 38 heavy (non-hydrogen) atoms. The summed E-state index contributed by atoms with van der Waals surface area (Å²) in [5, 5.41) is 15.3. The molecule has 1 aromatic heterocycles. The molecule has 0 bridgehead atoms. The molecule has 4 aromatic rings. The third-order valence-corrected chi connectivity index (χ3v) is 6.60. The van der Waals surface area contributed by atoms with Crippen LogP contribution in [0.25, 0.3) is 5.69 Å². The van der Waals surface area contributed by atoms with Gasteiger partial charge in [0.2, 0.25) is 11.8 Å². The highest BCUT2D eigenvalue weighted by Gasteiger charge is 2.17. The van der Waals surface area contributed by atoms with Gasteiger partial charge >= 0.3 is 0 Å². The lowest BCUT2D eigenvalue weighted by molar-refractivity contribution is -0.120. The minimum absolute atomic E-state index is 0.106. The molecule has 11 heteroatoms. The maximum absolute atomic E-state index is 12.6. The number of nitrogens with zero attached hydrogens (tertiary/aromatic N) is 3. The minimum atomic E-state index is -0.199. The molecule has 1 heterocycles. The molecule has 0 fully saturated rings. The van der Waals surface area contributed by atoms with Crippen molar-refractivity contribution in [1.82, 2.24) is 20.1 Å². The predicted octanol–water partition coefficient (Wildman–Crippen LogP) is 4.53. The van der Waals surface area contributed by atoms with Crippen molar-refractivity contribution in [3.63, 3.8) is 0 Å². The number of nitrogens with one attached hydrogen (secondary N) is 2. The summed E-state index contributed by atoms with van der Waals surface area (Å²) in [4.78, 5) is 25.2. The van der Waals surface area contributed by atoms with E-state index in [1.54, 1.807) is 55.2 Å². The molecule has 0 spiro atoms. The lowest BCUT2D eigenvalue weighted by Gasteiger charge is -2.12. The van der Waals surface area contributed by atoms with Crippen molar-refractivity contribution in [3.05, 3.63) is 89.2 Å². The summed E-state index contributed by atoms with van der Waals surface area (Å²) >= 11 is 7.46. The zero-order valence-electron chi connectivity index (χ0n) is 20.8. The zero-order valence-corrected chi connectivity index (χ0v) is 22.4. The predicted molar refractivity (Wildman–Crippen MR) is 147 cm³/mol. The summed E-state index contributed by atoms with van der Waals surface area (Å²) in [6, 6.07) is 21.6. The van der Waals surface area contributed by atoms with Gasteiger partial charge in [-0.05, 0) is 60.2 Å². The highest BCUT2D eigenvalue weighted by Crippen LogP contribution is 2.24. The summed E-state index contributed by atoms with van der Waals surface area (Å²) in [7, 11) is 3.18. The van der Waals surface area contributed by atoms with Gasteiger partial charge in [0.15, 0.2) is 11.0 Å². The van der Waals surface area contributed by atoms with Gasteiger partial charge in [0.1, 0.15) is 11.5 Å². The molecule has 4 rings (SSSR count). The van der Waals surface area contributed by atoms with Crippen LogP contribution in [-0.2, 0) is 22.6 Å². The second-order valence-electron chi connectivity index (χ2n) is 8.08. The Hall–Kier alpha value is -4.02. The first-order valence-electron chi connectivity index (χ1n) is 11.6. The van der Waals surface area contributed by atoms with Crippen LogP contribution in [0.2, 0.25) is 5.02 Å². The number of halogens is 1. The van der Waals surface area contributed by atoms with Crippen LogP contribution in [0.1, 0.15) is 11.4 Å². The fraction of sp³-hybridized carbons (Fsp3) is 0.185. The van der Waals surface area contributed by atoms with Gasteiger partial charge in [-0.15, -0.1) is 10.2 Å². The van der Waals surface area contributed by atoms with Crippen molar-refractivity contribution in [3.8, 4) is 17.2 Å². The van der Waals surface area contributed by atoms with Gasteiger partial charge in [-0.2, -0.15) is 0 Å². The Labute approximate surface area is 229 Å². The average Bonchev–Trinajstić information content (AvgIpc) is 3.34. The third kappa shape index (κ3) is 7.27. The number of rotatable bonds is 11. The lowest BCUT2D eigenvalue weighted by atomic mass is 10.1. The Morgan fingerprint density at radius 3 is 2.26 bits per heavy atom. The van der Waals surface area contributed by atoms with E-state index in [0.29, 0.717) is 27.4 Å². The van der Waals surface area contributed by atoms with Crippen LogP contribution < -0.4 is 20.1 Å². The van der Waals surface area contributed by atoms with Gasteiger partial charge in [0, 0.05) is 10.7 Å². The standard InChI is InChI=1S/C27H26ClN5O4S/c1-36-22-10-6-18(7-11-22)14-25(34)29-16-24-31-32-27(33(24)21-5-3-4-19(28)15-21)38-17-26(35)30-20-8-12-23(37-2)13-9-20/h3-13,15H,14,16-17H2,1-2H3,(H,29,34)(H,30,35). The fourth-order valence-corrected chi connectivity index (χ4v) is 4.51. The number of methoxy groups -OCH3 is 2. The average molecular weight is 552 g/mol. The van der Waals surface area contributed by atoms with Crippen molar-refractivity contribution in [2.45, 2.75) is 18.1 Å². The minimum Gasteiger partial charge on any atom is -0.497 e. The molecule has 0 unspecified atom stereocenters. The molecule has 0 saturated heterocycles. The molecule has 0 aliphatic rings. The number of thioether (sulfide) groups is 1. The van der Waals surface area contributed by atoms with E-state index >= 15 is 0 Å². The molecule has 196 valence electrons. The molecular formula is C27H26ClN5O4S. The van der Waals surface area contributed by atoms with Crippen molar-refractivity contribution >= 4 is 40.9 Å². The smallest absolute Gasteiger partial charge is 0.234 e. The number of ether oxygens (including phenoxy) is 2. The summed E-state index contributed by atoms with van der Waals surface area (Å²) in [5.74, 6) is 1.68. The Bertz CT molecular complexity index is 1310. The van der Waals surface area contributed by atoms with Gasteiger partial charge in [0.05, 0.1) is 38.6 Å². The van der Waals surface area contributed by atoms with E-state index in [4.69, 9.17) is 21.1 Å². The molecule has 0 aliphatic carbocycles. The first kappa shape index (κ1) is 27.0. The number of anilines is 1. The van der Waals surface area contributed by atoms with Crippen LogP contribution in [0.3, 0.4) is 0 Å². The lowest BCUT2D eigenvalue weighted by Crippen LogP contribution is -2.26. The third-order valence-electron chi connectivity index (χ3n) is 5.44. The maximum Gasteiger partial charge on any atom is 0.234 e. The summed E-state index contributed by atoms with van der Waals surface area (Å²) < 4.78 is 12.1. The monoisotopic (exact) mass is 551 g/mol. The molecule has 2 N–H and O–H groups in total. The van der Waals surface area contributed by atoms with Crippen molar-refractivity contribution < 1.29 is 19.1 Å². The molecule has 9 nitrogen and oxygen atoms in total. The topological polar surface area (TPSA) is 107 Å². The van der Waals surface area contributed by atoms with Crippen LogP contribution in [0.4, 0.5) is 5.69 Å². The van der Waals surface area contributed by atoms with Gasteiger partial charge < -0.3 is 20.1 Å². The Balaban J connectivity index is 1.43. The number of aromatic nitrogens is 3. The van der Waals surface area contributed by atoms with Crippen LogP contribution in [-0.4, -0.2) is 46.6 Å². The molecule has 0 atom stereocenters. The largest absolute Gasteiger partial charge is 0.497 e. The first-order chi connectivity index (χ1) is 18.4. The Kier molecular flexibility index (Phi) is 9.23. The number of amides is 2. The van der Waals surface area contributed by atoms with E-state index < -0.39 is 0 Å². The van der Waals surface area contributed by atoms with Crippen LogP contribution in [0, 0.1) is 0 Å². The molecule has 3 aromatic carbocycles. The number of benzene rings is 3. The number of carbonyl (C=O) groups excluding carboxylic acids is 2. The molecule has 0 saturated carbocycles.